The van der Waals surface area contributed by atoms with Gasteiger partial charge < -0.3 is 15.4 Å². The number of hydrogen-bond donors (Lipinski definition) is 2. The maximum absolute atomic E-state index is 12.4. The number of nitriles is 1. The number of carbonyl (C=O) groups is 2. The third-order valence-electron chi connectivity index (χ3n) is 6.49. The summed E-state index contributed by atoms with van der Waals surface area (Å²) in [6.45, 7) is 0.392. The van der Waals surface area contributed by atoms with Gasteiger partial charge in [0.2, 0.25) is 0 Å². The number of benzene rings is 1. The summed E-state index contributed by atoms with van der Waals surface area (Å²) in [5.74, 6) is 1.97. The van der Waals surface area contributed by atoms with E-state index in [0.29, 0.717) is 5.56 Å². The normalized spacial score (nSPS) is 29.8. The predicted octanol–water partition coefficient (Wildman–Crippen LogP) is 3.26. The van der Waals surface area contributed by atoms with Crippen LogP contribution in [-0.4, -0.2) is 24.1 Å². The van der Waals surface area contributed by atoms with Crippen molar-refractivity contribution in [3.05, 3.63) is 35.4 Å². The minimum atomic E-state index is -0.363. The van der Waals surface area contributed by atoms with Crippen LogP contribution in [0.25, 0.3) is 0 Å². The first-order valence-electron chi connectivity index (χ1n) is 10.2. The third-order valence-corrected chi connectivity index (χ3v) is 6.49. The molecule has 0 aliphatic heterocycles. The topological polar surface area (TPSA) is 91.2 Å². The van der Waals surface area contributed by atoms with Crippen LogP contribution in [0.15, 0.2) is 24.3 Å². The molecule has 2 N–H and O–H groups in total. The van der Waals surface area contributed by atoms with Crippen LogP contribution in [0, 0.1) is 29.1 Å². The second-order valence-electron chi connectivity index (χ2n) is 8.80. The van der Waals surface area contributed by atoms with Gasteiger partial charge in [0, 0.05) is 12.1 Å². The van der Waals surface area contributed by atoms with Crippen molar-refractivity contribution in [2.75, 3.05) is 6.54 Å². The molecule has 2 amide bonds. The molecule has 1 aromatic carbocycles. The molecule has 4 bridgehead atoms. The van der Waals surface area contributed by atoms with E-state index >= 15 is 0 Å². The molecule has 148 valence electrons. The molecule has 0 spiro atoms. The molecular weight excluding hydrogens is 354 g/mol. The summed E-state index contributed by atoms with van der Waals surface area (Å²) >= 11 is 0. The van der Waals surface area contributed by atoms with Gasteiger partial charge in [-0.05, 0) is 74.0 Å². The fourth-order valence-electron chi connectivity index (χ4n) is 5.79. The van der Waals surface area contributed by atoms with Crippen LogP contribution in [0.1, 0.15) is 56.1 Å². The van der Waals surface area contributed by atoms with Gasteiger partial charge >= 0.3 is 12.0 Å². The van der Waals surface area contributed by atoms with Crippen molar-refractivity contribution in [1.82, 2.24) is 10.6 Å². The third kappa shape index (κ3) is 4.30. The highest BCUT2D eigenvalue weighted by Gasteiger charge is 2.51. The molecule has 4 saturated carbocycles. The zero-order chi connectivity index (χ0) is 19.6. The Morgan fingerprint density at radius 3 is 2.46 bits per heavy atom. The number of nitrogens with zero attached hydrogens (tertiary/aromatic N) is 1. The number of esters is 1. The van der Waals surface area contributed by atoms with Crippen LogP contribution in [-0.2, 0) is 16.1 Å². The minimum Gasteiger partial charge on any atom is -0.461 e. The average molecular weight is 381 g/mol. The molecule has 4 fully saturated rings. The minimum absolute atomic E-state index is 0.0227. The number of amides is 2. The zero-order valence-corrected chi connectivity index (χ0v) is 16.1. The lowest BCUT2D eigenvalue weighted by atomic mass is 9.53. The zero-order valence-electron chi connectivity index (χ0n) is 16.1. The Kier molecular flexibility index (Phi) is 5.25. The second kappa shape index (κ2) is 7.83. The quantitative estimate of drug-likeness (QED) is 0.740. The molecule has 28 heavy (non-hydrogen) atoms. The molecule has 0 heterocycles. The summed E-state index contributed by atoms with van der Waals surface area (Å²) in [5, 5.41) is 14.9. The van der Waals surface area contributed by atoms with Gasteiger partial charge in [-0.15, -0.1) is 0 Å². The summed E-state index contributed by atoms with van der Waals surface area (Å²) in [5.41, 5.74) is 1.29. The SMILES string of the molecule is N#Cc1cccc(COC(=O)CCNC(=O)NC23CC4CC(CC(C4)C2)C3)c1. The predicted molar refractivity (Wildman–Crippen MR) is 103 cm³/mol. The van der Waals surface area contributed by atoms with E-state index in [1.54, 1.807) is 18.2 Å². The monoisotopic (exact) mass is 381 g/mol. The van der Waals surface area contributed by atoms with Crippen molar-refractivity contribution < 1.29 is 14.3 Å². The van der Waals surface area contributed by atoms with Crippen molar-refractivity contribution in [3.8, 4) is 6.07 Å². The molecule has 0 atom stereocenters. The van der Waals surface area contributed by atoms with Gasteiger partial charge in [0.25, 0.3) is 0 Å². The summed E-state index contributed by atoms with van der Waals surface area (Å²) < 4.78 is 5.22. The molecule has 0 unspecified atom stereocenters. The molecule has 0 radical (unpaired) electrons. The lowest BCUT2D eigenvalue weighted by molar-refractivity contribution is -0.144. The van der Waals surface area contributed by atoms with Gasteiger partial charge in [-0.1, -0.05) is 12.1 Å². The standard InChI is InChI=1S/C22H27N3O3/c23-13-15-2-1-3-16(6-15)14-28-20(26)4-5-24-21(27)25-22-10-17-7-18(11-22)9-19(8-17)12-22/h1-3,6,17-19H,4-5,7-12,14H2,(H2,24,25,27). The molecule has 5 rings (SSSR count). The summed E-state index contributed by atoms with van der Waals surface area (Å²) in [7, 11) is 0. The number of hydrogen-bond acceptors (Lipinski definition) is 4. The van der Waals surface area contributed by atoms with Gasteiger partial charge in [-0.2, -0.15) is 5.26 Å². The van der Waals surface area contributed by atoms with Crippen LogP contribution in [0.3, 0.4) is 0 Å². The molecule has 4 aliphatic carbocycles. The highest BCUT2D eigenvalue weighted by Crippen LogP contribution is 2.55. The Bertz CT molecular complexity index is 763. The van der Waals surface area contributed by atoms with E-state index in [0.717, 1.165) is 42.6 Å². The Labute approximate surface area is 165 Å². The molecule has 6 heteroatoms. The molecule has 0 aromatic heterocycles. The summed E-state index contributed by atoms with van der Waals surface area (Å²) in [6.07, 6.45) is 7.47. The van der Waals surface area contributed by atoms with Gasteiger partial charge in [-0.25, -0.2) is 4.79 Å². The summed E-state index contributed by atoms with van der Waals surface area (Å²) in [4.78, 5) is 24.3. The number of ether oxygens (including phenoxy) is 1. The van der Waals surface area contributed by atoms with E-state index in [4.69, 9.17) is 10.00 Å². The molecule has 6 nitrogen and oxygen atoms in total. The van der Waals surface area contributed by atoms with Gasteiger partial charge in [-0.3, -0.25) is 4.79 Å². The van der Waals surface area contributed by atoms with Crippen molar-refractivity contribution in [3.63, 3.8) is 0 Å². The first kappa shape index (κ1) is 18.8. The lowest BCUT2D eigenvalue weighted by Crippen LogP contribution is -2.61. The smallest absolute Gasteiger partial charge is 0.315 e. The van der Waals surface area contributed by atoms with Gasteiger partial charge in [0.1, 0.15) is 6.61 Å². The van der Waals surface area contributed by atoms with Crippen molar-refractivity contribution in [2.24, 2.45) is 17.8 Å². The van der Waals surface area contributed by atoms with Crippen LogP contribution < -0.4 is 10.6 Å². The van der Waals surface area contributed by atoms with Crippen LogP contribution in [0.2, 0.25) is 0 Å². The van der Waals surface area contributed by atoms with Crippen molar-refractivity contribution in [1.29, 1.82) is 5.26 Å². The molecule has 0 saturated heterocycles. The van der Waals surface area contributed by atoms with E-state index in [-0.39, 0.29) is 37.1 Å². The Morgan fingerprint density at radius 2 is 1.82 bits per heavy atom. The second-order valence-corrected chi connectivity index (χ2v) is 8.80. The van der Waals surface area contributed by atoms with E-state index in [1.165, 1.54) is 19.3 Å². The number of nitrogens with one attached hydrogen (secondary N) is 2. The largest absolute Gasteiger partial charge is 0.461 e. The number of rotatable bonds is 6. The number of urea groups is 1. The van der Waals surface area contributed by atoms with Gasteiger partial charge in [0.05, 0.1) is 18.1 Å². The van der Waals surface area contributed by atoms with Crippen molar-refractivity contribution in [2.45, 2.75) is 57.1 Å². The van der Waals surface area contributed by atoms with E-state index in [1.807, 2.05) is 6.07 Å². The molecular formula is C22H27N3O3. The average Bonchev–Trinajstić information content (AvgIpc) is 2.65. The Balaban J connectivity index is 1.17. The number of carbonyl (C=O) groups excluding carboxylic acids is 2. The highest BCUT2D eigenvalue weighted by molar-refractivity contribution is 5.76. The van der Waals surface area contributed by atoms with Crippen molar-refractivity contribution >= 4 is 12.0 Å². The molecule has 4 aliphatic rings. The fourth-order valence-corrected chi connectivity index (χ4v) is 5.79. The van der Waals surface area contributed by atoms with E-state index in [2.05, 4.69) is 16.7 Å². The van der Waals surface area contributed by atoms with Gasteiger partial charge in [0.15, 0.2) is 0 Å². The summed E-state index contributed by atoms with van der Waals surface area (Å²) in [6, 6.07) is 8.87. The lowest BCUT2D eigenvalue weighted by Gasteiger charge is -2.56. The first-order valence-corrected chi connectivity index (χ1v) is 10.2. The fraction of sp³-hybridized carbons (Fsp3) is 0.591. The van der Waals surface area contributed by atoms with E-state index < -0.39 is 0 Å². The maximum Gasteiger partial charge on any atom is 0.315 e. The van der Waals surface area contributed by atoms with Crippen LogP contribution in [0.5, 0.6) is 0 Å². The van der Waals surface area contributed by atoms with Crippen LogP contribution in [0.4, 0.5) is 4.79 Å². The van der Waals surface area contributed by atoms with E-state index in [9.17, 15) is 9.59 Å². The Morgan fingerprint density at radius 1 is 1.14 bits per heavy atom. The maximum atomic E-state index is 12.4. The highest BCUT2D eigenvalue weighted by atomic mass is 16.5. The molecule has 1 aromatic rings. The van der Waals surface area contributed by atoms with Crippen LogP contribution >= 0.6 is 0 Å². The first-order chi connectivity index (χ1) is 13.5. The Hall–Kier alpha value is -2.55.